The number of methoxy groups -OCH3 is 1. The van der Waals surface area contributed by atoms with Crippen molar-refractivity contribution >= 4 is 17.5 Å². The van der Waals surface area contributed by atoms with Gasteiger partial charge in [0.05, 0.1) is 30.7 Å². The lowest BCUT2D eigenvalue weighted by Gasteiger charge is -2.52. The number of aryl methyl sites for hydroxylation is 1. The van der Waals surface area contributed by atoms with Crippen LogP contribution in [0.3, 0.4) is 0 Å². The topological polar surface area (TPSA) is 292 Å². The molecule has 0 amide bonds. The Kier molecular flexibility index (Phi) is 10.1. The fraction of sp³-hybridized carbons (Fsp3) is 0.424. The molecule has 2 aliphatic heterocycles. The summed E-state index contributed by atoms with van der Waals surface area (Å²) in [5.74, 6) is -5.30. The molecule has 1 saturated heterocycles. The number of carbonyl (C=O) groups excluding carboxylic acids is 2. The van der Waals surface area contributed by atoms with Gasteiger partial charge in [-0.2, -0.15) is 0 Å². The zero-order valence-electron chi connectivity index (χ0n) is 27.6. The third-order valence-corrected chi connectivity index (χ3v) is 9.32. The van der Waals surface area contributed by atoms with Crippen molar-refractivity contribution in [2.75, 3.05) is 27.3 Å². The van der Waals surface area contributed by atoms with Crippen LogP contribution in [0.15, 0.2) is 40.7 Å². The standard InChI is InChI=1S/C33H41N5O12/c1-14-8-16-23(26(42)17(14)11-38-31(35)36-2)27(43)24-20(10-19(48-3)18(12-39)22(24)25(16)41)49-30-28(44)29(45)32(46,33(47,13-40)50-30)6-4-15-5-7-37-21(34)9-15/h5,8-10,28-30,37,39-40,42,44-47H,4,6-7,11-13,34H2,1-3H3,(H3,35,36,38)/t28-,29-,30-,32+,33-/m1/s1. The van der Waals surface area contributed by atoms with Gasteiger partial charge in [0.25, 0.3) is 0 Å². The number of guanidine groups is 1. The molecule has 2 aromatic carbocycles. The molecule has 2 aromatic rings. The van der Waals surface area contributed by atoms with Crippen molar-refractivity contribution in [3.63, 3.8) is 0 Å². The number of aromatic hydroxyl groups is 1. The quantitative estimate of drug-likeness (QED) is 0.0805. The Morgan fingerprint density at radius 3 is 2.46 bits per heavy atom. The summed E-state index contributed by atoms with van der Waals surface area (Å²) in [6.45, 7) is -0.0722. The molecule has 0 bridgehead atoms. The molecule has 0 unspecified atom stereocenters. The number of rotatable bonds is 10. The van der Waals surface area contributed by atoms with Crippen LogP contribution in [0.2, 0.25) is 0 Å². The first-order valence-electron chi connectivity index (χ1n) is 15.6. The summed E-state index contributed by atoms with van der Waals surface area (Å²) >= 11 is 0. The number of aliphatic hydroxyl groups is 6. The molecule has 270 valence electrons. The number of dihydropyridines is 1. The Morgan fingerprint density at radius 2 is 1.84 bits per heavy atom. The van der Waals surface area contributed by atoms with E-state index in [0.29, 0.717) is 23.5 Å². The van der Waals surface area contributed by atoms with E-state index in [9.17, 15) is 45.3 Å². The molecule has 0 spiro atoms. The SMILES string of the molecule is CN=C(N)NCc1c(C)cc2c(c1O)C(=O)c1c(O[C@@H]3O[C@](O)(CO)[C@](O)(CCC4=CCNC(N)=C4)[C@H](O)[C@H]3O)cc(OC)c(CO)c1C2=O. The van der Waals surface area contributed by atoms with Crippen LogP contribution >= 0.6 is 0 Å². The van der Waals surface area contributed by atoms with Gasteiger partial charge in [-0.3, -0.25) is 14.6 Å². The number of allylic oxidation sites excluding steroid dienone is 2. The maximum absolute atomic E-state index is 14.3. The molecule has 1 fully saturated rings. The van der Waals surface area contributed by atoms with Gasteiger partial charge in [-0.15, -0.1) is 0 Å². The van der Waals surface area contributed by atoms with E-state index in [4.69, 9.17) is 25.7 Å². The van der Waals surface area contributed by atoms with Crippen LogP contribution in [0.1, 0.15) is 61.4 Å². The average molecular weight is 700 g/mol. The van der Waals surface area contributed by atoms with E-state index in [1.165, 1.54) is 20.2 Å². The molecular formula is C33H41N5O12. The second-order valence-electron chi connectivity index (χ2n) is 12.2. The number of carbonyl (C=O) groups is 2. The van der Waals surface area contributed by atoms with Crippen LogP contribution in [0.25, 0.3) is 0 Å². The minimum absolute atomic E-state index is 0.0432. The van der Waals surface area contributed by atoms with Gasteiger partial charge in [0, 0.05) is 48.5 Å². The number of phenols is 1. The zero-order chi connectivity index (χ0) is 36.7. The van der Waals surface area contributed by atoms with E-state index in [0.717, 1.165) is 6.07 Å². The highest BCUT2D eigenvalue weighted by molar-refractivity contribution is 6.31. The molecule has 1 aliphatic carbocycles. The van der Waals surface area contributed by atoms with Gasteiger partial charge in [0.1, 0.15) is 41.7 Å². The first-order valence-corrected chi connectivity index (χ1v) is 15.6. The number of hydrogen-bond acceptors (Lipinski definition) is 15. The van der Waals surface area contributed by atoms with Crippen molar-refractivity contribution < 1.29 is 59.5 Å². The minimum Gasteiger partial charge on any atom is -0.507 e. The van der Waals surface area contributed by atoms with Crippen LogP contribution in [0.4, 0.5) is 0 Å². The van der Waals surface area contributed by atoms with Gasteiger partial charge < -0.3 is 72.1 Å². The molecule has 13 N–H and O–H groups in total. The molecule has 50 heavy (non-hydrogen) atoms. The third-order valence-electron chi connectivity index (χ3n) is 9.32. The number of ketones is 2. The van der Waals surface area contributed by atoms with E-state index < -0.39 is 78.1 Å². The number of nitrogens with zero attached hydrogens (tertiary/aromatic N) is 1. The largest absolute Gasteiger partial charge is 0.507 e. The monoisotopic (exact) mass is 699 g/mol. The van der Waals surface area contributed by atoms with E-state index in [1.807, 2.05) is 0 Å². The van der Waals surface area contributed by atoms with Crippen molar-refractivity contribution in [1.82, 2.24) is 10.6 Å². The van der Waals surface area contributed by atoms with Crippen molar-refractivity contribution in [3.05, 3.63) is 74.6 Å². The molecule has 0 saturated carbocycles. The number of nitrogens with two attached hydrogens (primary N) is 2. The van der Waals surface area contributed by atoms with E-state index in [1.54, 1.807) is 19.1 Å². The highest BCUT2D eigenvalue weighted by Gasteiger charge is 2.64. The van der Waals surface area contributed by atoms with Gasteiger partial charge >= 0.3 is 0 Å². The molecule has 0 radical (unpaired) electrons. The third kappa shape index (κ3) is 6.02. The molecule has 17 heteroatoms. The molecule has 17 nitrogen and oxygen atoms in total. The maximum atomic E-state index is 14.3. The Hall–Kier alpha value is -4.75. The fourth-order valence-corrected chi connectivity index (χ4v) is 6.46. The number of phenolic OH excluding ortho intramolecular Hbond substituents is 1. The average Bonchev–Trinajstić information content (AvgIpc) is 3.10. The molecule has 0 aromatic heterocycles. The van der Waals surface area contributed by atoms with Crippen LogP contribution in [-0.2, 0) is 17.9 Å². The molecular weight excluding hydrogens is 658 g/mol. The summed E-state index contributed by atoms with van der Waals surface area (Å²) < 4.78 is 16.8. The number of aliphatic hydroxyl groups excluding tert-OH is 4. The lowest BCUT2D eigenvalue weighted by atomic mass is 9.77. The van der Waals surface area contributed by atoms with E-state index in [2.05, 4.69) is 15.6 Å². The number of nitrogens with one attached hydrogen (secondary N) is 2. The van der Waals surface area contributed by atoms with Crippen molar-refractivity contribution in [2.24, 2.45) is 16.5 Å². The smallest absolute Gasteiger partial charge is 0.231 e. The number of aliphatic imine (C=N–C) groups is 1. The summed E-state index contributed by atoms with van der Waals surface area (Å²) in [5.41, 5.74) is 8.79. The zero-order valence-corrected chi connectivity index (χ0v) is 27.6. The first kappa shape index (κ1) is 36.5. The van der Waals surface area contributed by atoms with E-state index in [-0.39, 0.29) is 52.5 Å². The van der Waals surface area contributed by atoms with Gasteiger partial charge in [-0.1, -0.05) is 6.08 Å². The van der Waals surface area contributed by atoms with Crippen LogP contribution in [0, 0.1) is 6.92 Å². The summed E-state index contributed by atoms with van der Waals surface area (Å²) in [6.07, 6.45) is -3.37. The number of ether oxygens (including phenoxy) is 3. The minimum atomic E-state index is -2.91. The first-order chi connectivity index (χ1) is 23.7. The van der Waals surface area contributed by atoms with Gasteiger partial charge in [-0.25, -0.2) is 0 Å². The fourth-order valence-electron chi connectivity index (χ4n) is 6.46. The Labute approximate surface area is 286 Å². The second-order valence-corrected chi connectivity index (χ2v) is 12.2. The van der Waals surface area contributed by atoms with Gasteiger partial charge in [0.2, 0.25) is 17.9 Å². The highest BCUT2D eigenvalue weighted by atomic mass is 16.8. The van der Waals surface area contributed by atoms with Crippen LogP contribution < -0.4 is 31.6 Å². The van der Waals surface area contributed by atoms with Crippen LogP contribution in [-0.4, -0.2) is 110 Å². The number of benzene rings is 2. The Bertz CT molecular complexity index is 1810. The lowest BCUT2D eigenvalue weighted by Crippen LogP contribution is -2.74. The number of fused-ring (bicyclic) bond motifs is 2. The normalized spacial score (nSPS) is 26.3. The number of hydrogen-bond donors (Lipinski definition) is 11. The van der Waals surface area contributed by atoms with Gasteiger partial charge in [-0.05, 0) is 43.0 Å². The predicted octanol–water partition coefficient (Wildman–Crippen LogP) is -2.01. The lowest BCUT2D eigenvalue weighted by molar-refractivity contribution is -0.419. The summed E-state index contributed by atoms with van der Waals surface area (Å²) in [7, 11) is 2.68. The van der Waals surface area contributed by atoms with Crippen molar-refractivity contribution in [2.45, 2.75) is 62.8 Å². The second kappa shape index (κ2) is 13.9. The van der Waals surface area contributed by atoms with Crippen molar-refractivity contribution in [3.8, 4) is 17.2 Å². The molecule has 5 rings (SSSR count). The predicted molar refractivity (Wildman–Crippen MR) is 175 cm³/mol. The molecule has 5 atom stereocenters. The summed E-state index contributed by atoms with van der Waals surface area (Å²) in [4.78, 5) is 32.1. The molecule has 2 heterocycles. The maximum Gasteiger partial charge on any atom is 0.231 e. The summed E-state index contributed by atoms with van der Waals surface area (Å²) in [5, 5.41) is 82.8. The van der Waals surface area contributed by atoms with E-state index >= 15 is 0 Å². The Morgan fingerprint density at radius 1 is 1.12 bits per heavy atom. The van der Waals surface area contributed by atoms with Crippen LogP contribution in [0.5, 0.6) is 17.2 Å². The Balaban J connectivity index is 1.56. The highest BCUT2D eigenvalue weighted by Crippen LogP contribution is 2.46. The van der Waals surface area contributed by atoms with Crippen molar-refractivity contribution in [1.29, 1.82) is 0 Å². The van der Waals surface area contributed by atoms with Gasteiger partial charge in [0.15, 0.2) is 11.7 Å². The molecule has 3 aliphatic rings. The summed E-state index contributed by atoms with van der Waals surface area (Å²) in [6, 6.07) is 2.53.